The third kappa shape index (κ3) is 2.49. The van der Waals surface area contributed by atoms with Gasteiger partial charge in [0.1, 0.15) is 6.07 Å². The summed E-state index contributed by atoms with van der Waals surface area (Å²) < 4.78 is 2.10. The van der Waals surface area contributed by atoms with Gasteiger partial charge in [-0.15, -0.1) is 0 Å². The van der Waals surface area contributed by atoms with Gasteiger partial charge in [0.2, 0.25) is 0 Å². The van der Waals surface area contributed by atoms with Crippen LogP contribution in [0, 0.1) is 36.5 Å². The molecule has 0 aliphatic rings. The molecule has 0 radical (unpaired) electrons. The summed E-state index contributed by atoms with van der Waals surface area (Å²) in [6.45, 7) is 4.57. The van der Waals surface area contributed by atoms with Crippen LogP contribution in [0.3, 0.4) is 0 Å². The minimum absolute atomic E-state index is 0.609. The smallest absolute Gasteiger partial charge is 0.102 e. The lowest BCUT2D eigenvalue weighted by Crippen LogP contribution is -2.04. The Bertz CT molecular complexity index is 916. The lowest BCUT2D eigenvalue weighted by atomic mass is 10.0. The number of nitrogens with one attached hydrogen (secondary N) is 1. The molecule has 0 bridgehead atoms. The maximum atomic E-state index is 9.59. The number of aromatic nitrogens is 3. The molecular weight excluding hydrogens is 286 g/mol. The van der Waals surface area contributed by atoms with Gasteiger partial charge in [-0.2, -0.15) is 10.5 Å². The second-order valence-electron chi connectivity index (χ2n) is 5.37. The highest BCUT2D eigenvalue weighted by Crippen LogP contribution is 2.32. The average molecular weight is 301 g/mol. The van der Waals surface area contributed by atoms with Crippen LogP contribution < -0.4 is 0 Å². The number of benzene rings is 1. The van der Waals surface area contributed by atoms with Gasteiger partial charge in [-0.3, -0.25) is 0 Å². The van der Waals surface area contributed by atoms with E-state index in [0.717, 1.165) is 28.2 Å². The number of hydrogen-bond donors (Lipinski definition) is 1. The lowest BCUT2D eigenvalue weighted by molar-refractivity contribution is 0.734. The van der Waals surface area contributed by atoms with Gasteiger partial charge in [0.25, 0.3) is 0 Å². The Balaban J connectivity index is 2.13. The number of aromatic amines is 1. The van der Waals surface area contributed by atoms with E-state index in [1.54, 1.807) is 18.5 Å². The van der Waals surface area contributed by atoms with Crippen molar-refractivity contribution in [1.29, 1.82) is 10.5 Å². The van der Waals surface area contributed by atoms with E-state index in [0.29, 0.717) is 17.7 Å². The molecule has 0 unspecified atom stereocenters. The van der Waals surface area contributed by atoms with Crippen LogP contribution >= 0.6 is 0 Å². The van der Waals surface area contributed by atoms with E-state index in [1.165, 1.54) is 0 Å². The molecule has 0 saturated heterocycles. The summed E-state index contributed by atoms with van der Waals surface area (Å²) in [5.74, 6) is 0. The Kier molecular flexibility index (Phi) is 3.70. The first-order valence-electron chi connectivity index (χ1n) is 7.23. The Morgan fingerprint density at radius 3 is 2.39 bits per heavy atom. The minimum atomic E-state index is 0.609. The summed E-state index contributed by atoms with van der Waals surface area (Å²) in [4.78, 5) is 7.21. The molecule has 5 heteroatoms. The molecule has 2 heterocycles. The molecule has 0 atom stereocenters. The molecule has 2 aromatic heterocycles. The molecule has 5 nitrogen and oxygen atoms in total. The summed E-state index contributed by atoms with van der Waals surface area (Å²) in [6.07, 6.45) is 3.50. The van der Waals surface area contributed by atoms with Gasteiger partial charge in [0.05, 0.1) is 35.8 Å². The van der Waals surface area contributed by atoms with Gasteiger partial charge in [-0.25, -0.2) is 4.98 Å². The van der Waals surface area contributed by atoms with Crippen molar-refractivity contribution in [2.24, 2.45) is 0 Å². The van der Waals surface area contributed by atoms with Crippen molar-refractivity contribution >= 4 is 0 Å². The van der Waals surface area contributed by atoms with E-state index < -0.39 is 0 Å². The van der Waals surface area contributed by atoms with Gasteiger partial charge >= 0.3 is 0 Å². The van der Waals surface area contributed by atoms with E-state index in [2.05, 4.69) is 26.7 Å². The summed E-state index contributed by atoms with van der Waals surface area (Å²) in [6, 6.07) is 11.8. The molecule has 0 saturated carbocycles. The van der Waals surface area contributed by atoms with Crippen LogP contribution in [0.5, 0.6) is 0 Å². The summed E-state index contributed by atoms with van der Waals surface area (Å²) in [5.41, 5.74) is 6.01. The first-order chi connectivity index (χ1) is 11.2. The second-order valence-corrected chi connectivity index (χ2v) is 5.37. The molecule has 0 fully saturated rings. The van der Waals surface area contributed by atoms with Gasteiger partial charge in [0.15, 0.2) is 0 Å². The number of rotatable bonds is 3. The Morgan fingerprint density at radius 2 is 1.83 bits per heavy atom. The molecule has 1 aromatic carbocycles. The normalized spacial score (nSPS) is 10.3. The number of imidazole rings is 1. The zero-order valence-corrected chi connectivity index (χ0v) is 13.0. The van der Waals surface area contributed by atoms with Gasteiger partial charge in [-0.1, -0.05) is 12.1 Å². The van der Waals surface area contributed by atoms with E-state index in [1.807, 2.05) is 32.2 Å². The van der Waals surface area contributed by atoms with Crippen LogP contribution in [0.1, 0.15) is 28.2 Å². The Labute approximate surface area is 134 Å². The second kappa shape index (κ2) is 5.82. The number of nitrogens with zero attached hydrogens (tertiary/aromatic N) is 4. The molecule has 3 rings (SSSR count). The quantitative estimate of drug-likeness (QED) is 0.806. The van der Waals surface area contributed by atoms with Gasteiger partial charge in [-0.05, 0) is 31.5 Å². The maximum absolute atomic E-state index is 9.59. The van der Waals surface area contributed by atoms with E-state index in [9.17, 15) is 5.26 Å². The molecular formula is C18H15N5. The fourth-order valence-corrected chi connectivity index (χ4v) is 2.86. The molecule has 0 spiro atoms. The van der Waals surface area contributed by atoms with E-state index in [4.69, 9.17) is 5.26 Å². The molecule has 112 valence electrons. The number of nitriles is 2. The molecule has 23 heavy (non-hydrogen) atoms. The predicted octanol–water partition coefficient (Wildman–Crippen LogP) is 3.29. The SMILES string of the molecule is Cc1c(C#N)c(-c2ccc(C#N)cc2)c(C)n1Cc1c[nH]cn1. The highest BCUT2D eigenvalue weighted by Gasteiger charge is 2.19. The zero-order valence-electron chi connectivity index (χ0n) is 13.0. The molecule has 0 aliphatic carbocycles. The summed E-state index contributed by atoms with van der Waals surface area (Å²) >= 11 is 0. The first-order valence-corrected chi connectivity index (χ1v) is 7.23. The van der Waals surface area contributed by atoms with Crippen molar-refractivity contribution in [2.75, 3.05) is 0 Å². The standard InChI is InChI=1S/C18H15N5/c1-12-17(8-20)18(15-5-3-14(7-19)4-6-15)13(2)23(12)10-16-9-21-11-22-16/h3-6,9,11H,10H2,1-2H3,(H,21,22). The van der Waals surface area contributed by atoms with Crippen LogP contribution in [0.15, 0.2) is 36.8 Å². The largest absolute Gasteiger partial charge is 0.351 e. The average Bonchev–Trinajstić information content (AvgIpc) is 3.17. The molecule has 1 N–H and O–H groups in total. The fraction of sp³-hybridized carbons (Fsp3) is 0.167. The third-order valence-electron chi connectivity index (χ3n) is 4.07. The van der Waals surface area contributed by atoms with Crippen molar-refractivity contribution < 1.29 is 0 Å². The van der Waals surface area contributed by atoms with Gasteiger partial charge < -0.3 is 9.55 Å². The van der Waals surface area contributed by atoms with Crippen LogP contribution in [0.4, 0.5) is 0 Å². The fourth-order valence-electron chi connectivity index (χ4n) is 2.86. The van der Waals surface area contributed by atoms with Crippen molar-refractivity contribution in [2.45, 2.75) is 20.4 Å². The van der Waals surface area contributed by atoms with Crippen molar-refractivity contribution in [3.63, 3.8) is 0 Å². The minimum Gasteiger partial charge on any atom is -0.351 e. The van der Waals surface area contributed by atoms with Crippen LogP contribution in [-0.2, 0) is 6.54 Å². The van der Waals surface area contributed by atoms with E-state index in [-0.39, 0.29) is 0 Å². The van der Waals surface area contributed by atoms with Crippen LogP contribution in [0.25, 0.3) is 11.1 Å². The predicted molar refractivity (Wildman–Crippen MR) is 86.5 cm³/mol. The highest BCUT2D eigenvalue weighted by atomic mass is 15.0. The van der Waals surface area contributed by atoms with Crippen LogP contribution in [-0.4, -0.2) is 14.5 Å². The lowest BCUT2D eigenvalue weighted by Gasteiger charge is -2.08. The number of hydrogen-bond acceptors (Lipinski definition) is 3. The Hall–Kier alpha value is -3.31. The summed E-state index contributed by atoms with van der Waals surface area (Å²) in [7, 11) is 0. The van der Waals surface area contributed by atoms with Crippen molar-refractivity contribution in [3.8, 4) is 23.3 Å². The topological polar surface area (TPSA) is 81.2 Å². The van der Waals surface area contributed by atoms with Crippen molar-refractivity contribution in [1.82, 2.24) is 14.5 Å². The first kappa shape index (κ1) is 14.6. The Morgan fingerprint density at radius 1 is 1.09 bits per heavy atom. The molecule has 0 amide bonds. The molecule has 0 aliphatic heterocycles. The molecule has 3 aromatic rings. The number of H-pyrrole nitrogens is 1. The maximum Gasteiger partial charge on any atom is 0.102 e. The van der Waals surface area contributed by atoms with Crippen molar-refractivity contribution in [3.05, 3.63) is 65.0 Å². The van der Waals surface area contributed by atoms with Gasteiger partial charge in [0, 0.05) is 23.1 Å². The van der Waals surface area contributed by atoms with Crippen LogP contribution in [0.2, 0.25) is 0 Å². The monoisotopic (exact) mass is 301 g/mol. The third-order valence-corrected chi connectivity index (χ3v) is 4.07. The highest BCUT2D eigenvalue weighted by molar-refractivity contribution is 5.75. The van der Waals surface area contributed by atoms with E-state index >= 15 is 0 Å². The zero-order chi connectivity index (χ0) is 16.4. The summed E-state index contributed by atoms with van der Waals surface area (Å²) in [5, 5.41) is 18.5.